The molecule has 0 spiro atoms. The van der Waals surface area contributed by atoms with E-state index in [0.29, 0.717) is 11.3 Å². The van der Waals surface area contributed by atoms with Gasteiger partial charge < -0.3 is 10.1 Å². The highest BCUT2D eigenvalue weighted by molar-refractivity contribution is 7.92. The smallest absolute Gasteiger partial charge is 0.339 e. The molecule has 0 aliphatic carbocycles. The Kier molecular flexibility index (Phi) is 7.64. The summed E-state index contributed by atoms with van der Waals surface area (Å²) in [6.45, 7) is 1.89. The normalized spacial score (nSPS) is 11.7. The number of sulfonamides is 1. The molecule has 0 bridgehead atoms. The average Bonchev–Trinajstić information content (AvgIpc) is 2.84. The zero-order valence-electron chi connectivity index (χ0n) is 18.4. The summed E-state index contributed by atoms with van der Waals surface area (Å²) in [6, 6.07) is 19.4. The molecule has 3 amide bonds. The third kappa shape index (κ3) is 6.20. The third-order valence-electron chi connectivity index (χ3n) is 4.73. The molecular formula is C24H23N3O6S. The van der Waals surface area contributed by atoms with Crippen LogP contribution in [-0.2, 0) is 19.6 Å². The molecule has 0 aromatic heterocycles. The molecule has 1 atom stereocenters. The van der Waals surface area contributed by atoms with Crippen LogP contribution in [0.5, 0.6) is 0 Å². The highest BCUT2D eigenvalue weighted by atomic mass is 32.2. The van der Waals surface area contributed by atoms with Crippen molar-refractivity contribution in [1.29, 1.82) is 0 Å². The van der Waals surface area contributed by atoms with Crippen LogP contribution < -0.4 is 15.4 Å². The summed E-state index contributed by atoms with van der Waals surface area (Å²) in [5.41, 5.74) is 1.78. The molecule has 3 N–H and O–H groups in total. The van der Waals surface area contributed by atoms with Crippen LogP contribution in [0, 0.1) is 6.92 Å². The van der Waals surface area contributed by atoms with Crippen molar-refractivity contribution < 1.29 is 27.5 Å². The highest BCUT2D eigenvalue weighted by Gasteiger charge is 2.27. The number of urea groups is 1. The van der Waals surface area contributed by atoms with Gasteiger partial charge in [-0.25, -0.2) is 18.0 Å². The molecule has 1 unspecified atom stereocenters. The van der Waals surface area contributed by atoms with Gasteiger partial charge in [0.05, 0.1) is 10.5 Å². The summed E-state index contributed by atoms with van der Waals surface area (Å²) in [5.74, 6) is -1.70. The zero-order chi connectivity index (χ0) is 24.7. The summed E-state index contributed by atoms with van der Waals surface area (Å²) in [7, 11) is -2.53. The number of benzene rings is 3. The molecule has 0 saturated carbocycles. The van der Waals surface area contributed by atoms with E-state index in [2.05, 4.69) is 15.4 Å². The van der Waals surface area contributed by atoms with E-state index >= 15 is 0 Å². The van der Waals surface area contributed by atoms with Crippen molar-refractivity contribution in [1.82, 2.24) is 10.6 Å². The van der Waals surface area contributed by atoms with Crippen molar-refractivity contribution in [3.63, 3.8) is 0 Å². The number of aryl methyl sites for hydroxylation is 1. The van der Waals surface area contributed by atoms with Gasteiger partial charge in [-0.1, -0.05) is 48.0 Å². The molecule has 0 aliphatic heterocycles. The van der Waals surface area contributed by atoms with E-state index in [9.17, 15) is 22.8 Å². The summed E-state index contributed by atoms with van der Waals surface area (Å²) >= 11 is 0. The fourth-order valence-corrected chi connectivity index (χ4v) is 3.98. The Bertz CT molecular complexity index is 1270. The largest absolute Gasteiger partial charge is 0.444 e. The Hall–Kier alpha value is -4.18. The fraction of sp³-hybridized carbons (Fsp3) is 0.125. The summed E-state index contributed by atoms with van der Waals surface area (Å²) in [6.07, 6.45) is -1.39. The van der Waals surface area contributed by atoms with E-state index in [1.54, 1.807) is 54.6 Å². The molecule has 0 aliphatic rings. The number of rotatable bonds is 7. The summed E-state index contributed by atoms with van der Waals surface area (Å²) < 4.78 is 33.1. The van der Waals surface area contributed by atoms with E-state index in [0.717, 1.165) is 5.56 Å². The molecule has 10 heteroatoms. The van der Waals surface area contributed by atoms with Crippen molar-refractivity contribution >= 4 is 33.6 Å². The van der Waals surface area contributed by atoms with Crippen LogP contribution in [0.4, 0.5) is 10.5 Å². The quantitative estimate of drug-likeness (QED) is 0.445. The number of nitrogens with one attached hydrogen (secondary N) is 3. The first kappa shape index (κ1) is 24.5. The lowest BCUT2D eigenvalue weighted by Crippen LogP contribution is -2.41. The van der Waals surface area contributed by atoms with Crippen molar-refractivity contribution in [3.05, 3.63) is 95.6 Å². The van der Waals surface area contributed by atoms with Crippen molar-refractivity contribution in [2.24, 2.45) is 0 Å². The van der Waals surface area contributed by atoms with E-state index in [-0.39, 0.29) is 10.5 Å². The van der Waals surface area contributed by atoms with Gasteiger partial charge in [-0.15, -0.1) is 0 Å². The van der Waals surface area contributed by atoms with Gasteiger partial charge in [-0.3, -0.25) is 14.8 Å². The number of carbonyl (C=O) groups is 3. The molecule has 3 aromatic rings. The van der Waals surface area contributed by atoms with E-state index in [4.69, 9.17) is 4.74 Å². The molecule has 176 valence electrons. The highest BCUT2D eigenvalue weighted by Crippen LogP contribution is 2.21. The standard InChI is InChI=1S/C24H23N3O6S/c1-16-8-12-19(13-9-16)27-34(31,32)20-14-10-18(11-15-20)23(29)33-21(17-6-4-3-5-7-17)22(28)26-24(30)25-2/h3-15,21,27H,1-2H3,(H2,25,26,28,30). The molecule has 0 saturated heterocycles. The lowest BCUT2D eigenvalue weighted by Gasteiger charge is -2.17. The first-order valence-corrected chi connectivity index (χ1v) is 11.7. The molecule has 9 nitrogen and oxygen atoms in total. The first-order valence-electron chi connectivity index (χ1n) is 10.2. The molecule has 0 radical (unpaired) electrons. The van der Waals surface area contributed by atoms with Gasteiger partial charge in [0.15, 0.2) is 0 Å². The molecular weight excluding hydrogens is 458 g/mol. The van der Waals surface area contributed by atoms with Crippen molar-refractivity contribution in [2.45, 2.75) is 17.9 Å². The van der Waals surface area contributed by atoms with Gasteiger partial charge in [-0.2, -0.15) is 0 Å². The number of hydrogen-bond acceptors (Lipinski definition) is 6. The third-order valence-corrected chi connectivity index (χ3v) is 6.13. The molecule has 0 fully saturated rings. The Morgan fingerprint density at radius 1 is 0.853 bits per heavy atom. The number of amides is 3. The first-order chi connectivity index (χ1) is 16.2. The zero-order valence-corrected chi connectivity index (χ0v) is 19.3. The topological polar surface area (TPSA) is 131 Å². The van der Waals surface area contributed by atoms with E-state index in [1.165, 1.54) is 31.3 Å². The van der Waals surface area contributed by atoms with Crippen LogP contribution in [0.25, 0.3) is 0 Å². The van der Waals surface area contributed by atoms with Crippen LogP contribution in [0.1, 0.15) is 27.6 Å². The Morgan fingerprint density at radius 3 is 2.06 bits per heavy atom. The van der Waals surface area contributed by atoms with Crippen molar-refractivity contribution in [3.8, 4) is 0 Å². The van der Waals surface area contributed by atoms with Crippen LogP contribution >= 0.6 is 0 Å². The van der Waals surface area contributed by atoms with Gasteiger partial charge in [0.1, 0.15) is 0 Å². The number of carbonyl (C=O) groups excluding carboxylic acids is 3. The van der Waals surface area contributed by atoms with Crippen LogP contribution in [0.3, 0.4) is 0 Å². The SMILES string of the molecule is CNC(=O)NC(=O)C(OC(=O)c1ccc(S(=O)(=O)Nc2ccc(C)cc2)cc1)c1ccccc1. The lowest BCUT2D eigenvalue weighted by atomic mass is 10.1. The summed E-state index contributed by atoms with van der Waals surface area (Å²) in [5, 5.41) is 4.34. The number of imide groups is 1. The predicted octanol–water partition coefficient (Wildman–Crippen LogP) is 3.15. The van der Waals surface area contributed by atoms with Crippen LogP contribution in [0.2, 0.25) is 0 Å². The Balaban J connectivity index is 1.77. The second-order valence-corrected chi connectivity index (χ2v) is 8.94. The maximum atomic E-state index is 12.7. The number of ether oxygens (including phenoxy) is 1. The van der Waals surface area contributed by atoms with Gasteiger partial charge in [0.25, 0.3) is 15.9 Å². The molecule has 0 heterocycles. The number of esters is 1. The Morgan fingerprint density at radius 2 is 1.47 bits per heavy atom. The van der Waals surface area contributed by atoms with Gasteiger partial charge in [-0.05, 0) is 43.3 Å². The average molecular weight is 482 g/mol. The minimum absolute atomic E-state index is 0.0305. The van der Waals surface area contributed by atoms with Gasteiger partial charge in [0, 0.05) is 18.3 Å². The van der Waals surface area contributed by atoms with Gasteiger partial charge in [0.2, 0.25) is 6.10 Å². The molecule has 34 heavy (non-hydrogen) atoms. The molecule has 3 aromatic carbocycles. The second-order valence-electron chi connectivity index (χ2n) is 7.26. The maximum absolute atomic E-state index is 12.7. The summed E-state index contributed by atoms with van der Waals surface area (Å²) in [4.78, 5) is 36.7. The second kappa shape index (κ2) is 10.6. The Labute approximate surface area is 197 Å². The van der Waals surface area contributed by atoms with Crippen LogP contribution in [-0.4, -0.2) is 33.4 Å². The van der Waals surface area contributed by atoms with Gasteiger partial charge >= 0.3 is 12.0 Å². The minimum atomic E-state index is -3.88. The number of hydrogen-bond donors (Lipinski definition) is 3. The predicted molar refractivity (Wildman–Crippen MR) is 126 cm³/mol. The van der Waals surface area contributed by atoms with Crippen LogP contribution in [0.15, 0.2) is 83.8 Å². The lowest BCUT2D eigenvalue weighted by molar-refractivity contribution is -0.129. The number of anilines is 1. The fourth-order valence-electron chi connectivity index (χ4n) is 2.92. The van der Waals surface area contributed by atoms with E-state index in [1.807, 2.05) is 6.92 Å². The maximum Gasteiger partial charge on any atom is 0.339 e. The van der Waals surface area contributed by atoms with Crippen molar-refractivity contribution in [2.75, 3.05) is 11.8 Å². The monoisotopic (exact) mass is 481 g/mol. The minimum Gasteiger partial charge on any atom is -0.444 e. The molecule has 3 rings (SSSR count). The van der Waals surface area contributed by atoms with E-state index < -0.39 is 34.0 Å².